The van der Waals surface area contributed by atoms with E-state index in [1.807, 2.05) is 31.2 Å². The van der Waals surface area contributed by atoms with E-state index in [2.05, 4.69) is 12.2 Å². The first-order valence-electron chi connectivity index (χ1n) is 7.66. The highest BCUT2D eigenvalue weighted by atomic mass is 16.5. The lowest BCUT2D eigenvalue weighted by Crippen LogP contribution is -2.37. The van der Waals surface area contributed by atoms with Gasteiger partial charge in [-0.25, -0.2) is 0 Å². The summed E-state index contributed by atoms with van der Waals surface area (Å²) in [5.74, 6) is 0.826. The van der Waals surface area contributed by atoms with Crippen LogP contribution in [-0.4, -0.2) is 30.9 Å². The predicted octanol–water partition coefficient (Wildman–Crippen LogP) is 2.90. The number of ether oxygens (including phenoxy) is 1. The molecule has 0 bridgehead atoms. The molecule has 3 heteroatoms. The normalized spacial score (nSPS) is 18.9. The molecule has 0 heterocycles. The molecule has 1 aromatic carbocycles. The average Bonchev–Trinajstić information content (AvgIpc) is 2.83. The number of aliphatic hydroxyl groups excluding tert-OH is 1. The van der Waals surface area contributed by atoms with E-state index in [1.54, 1.807) is 0 Å². The number of aliphatic hydroxyl groups is 1. The first-order valence-corrected chi connectivity index (χ1v) is 7.66. The van der Waals surface area contributed by atoms with Crippen LogP contribution in [0.4, 0.5) is 0 Å². The summed E-state index contributed by atoms with van der Waals surface area (Å²) in [4.78, 5) is 0. The second-order valence-electron chi connectivity index (χ2n) is 6.43. The van der Waals surface area contributed by atoms with Gasteiger partial charge in [-0.2, -0.15) is 0 Å². The maximum absolute atomic E-state index is 9.95. The van der Waals surface area contributed by atoms with Gasteiger partial charge in [0.2, 0.25) is 0 Å². The third kappa shape index (κ3) is 4.80. The summed E-state index contributed by atoms with van der Waals surface area (Å²) in [7, 11) is 0. The van der Waals surface area contributed by atoms with Crippen LogP contribution in [0, 0.1) is 12.3 Å². The lowest BCUT2D eigenvalue weighted by Gasteiger charge is -2.24. The highest BCUT2D eigenvalue weighted by Crippen LogP contribution is 2.36. The van der Waals surface area contributed by atoms with Crippen molar-refractivity contribution in [3.63, 3.8) is 0 Å². The van der Waals surface area contributed by atoms with Crippen LogP contribution in [0.15, 0.2) is 24.3 Å². The summed E-state index contributed by atoms with van der Waals surface area (Å²) in [6.07, 6.45) is 4.83. The Labute approximate surface area is 122 Å². The van der Waals surface area contributed by atoms with Crippen molar-refractivity contribution in [2.75, 3.05) is 19.7 Å². The van der Waals surface area contributed by atoms with Gasteiger partial charge in [0.15, 0.2) is 0 Å². The van der Waals surface area contributed by atoms with Gasteiger partial charge >= 0.3 is 0 Å². The summed E-state index contributed by atoms with van der Waals surface area (Å²) in [6.45, 7) is 6.30. The third-order valence-corrected chi connectivity index (χ3v) is 4.17. The summed E-state index contributed by atoms with van der Waals surface area (Å²) >= 11 is 0. The van der Waals surface area contributed by atoms with Gasteiger partial charge in [-0.15, -0.1) is 0 Å². The van der Waals surface area contributed by atoms with Gasteiger partial charge in [0.05, 0.1) is 0 Å². The molecular weight excluding hydrogens is 250 g/mol. The molecule has 112 valence electrons. The fourth-order valence-corrected chi connectivity index (χ4v) is 2.90. The molecule has 1 unspecified atom stereocenters. The maximum Gasteiger partial charge on any atom is 0.119 e. The number of hydrogen-bond donors (Lipinski definition) is 2. The Kier molecular flexibility index (Phi) is 5.44. The molecule has 0 aromatic heterocycles. The van der Waals surface area contributed by atoms with Gasteiger partial charge in [-0.05, 0) is 42.9 Å². The predicted molar refractivity (Wildman–Crippen MR) is 82.1 cm³/mol. The van der Waals surface area contributed by atoms with Crippen LogP contribution >= 0.6 is 0 Å². The van der Waals surface area contributed by atoms with Crippen LogP contribution in [0.1, 0.15) is 38.2 Å². The molecule has 1 aliphatic rings. The lowest BCUT2D eigenvalue weighted by molar-refractivity contribution is 0.103. The van der Waals surface area contributed by atoms with Crippen molar-refractivity contribution in [2.45, 2.75) is 45.6 Å². The molecule has 3 nitrogen and oxygen atoms in total. The molecule has 20 heavy (non-hydrogen) atoms. The van der Waals surface area contributed by atoms with Crippen molar-refractivity contribution in [3.8, 4) is 5.75 Å². The minimum absolute atomic E-state index is 0.340. The van der Waals surface area contributed by atoms with Crippen LogP contribution in [0.2, 0.25) is 0 Å². The molecule has 2 N–H and O–H groups in total. The summed E-state index contributed by atoms with van der Waals surface area (Å²) in [6, 6.07) is 7.91. The van der Waals surface area contributed by atoms with E-state index in [9.17, 15) is 5.11 Å². The number of hydrogen-bond acceptors (Lipinski definition) is 3. The molecule has 0 spiro atoms. The Hall–Kier alpha value is -1.06. The quantitative estimate of drug-likeness (QED) is 0.805. The minimum Gasteiger partial charge on any atom is -0.491 e. The fourth-order valence-electron chi connectivity index (χ4n) is 2.90. The van der Waals surface area contributed by atoms with Gasteiger partial charge in [-0.1, -0.05) is 31.9 Å². The van der Waals surface area contributed by atoms with Crippen LogP contribution in [0.5, 0.6) is 5.75 Å². The van der Waals surface area contributed by atoms with Gasteiger partial charge in [-0.3, -0.25) is 0 Å². The van der Waals surface area contributed by atoms with E-state index < -0.39 is 6.10 Å². The largest absolute Gasteiger partial charge is 0.491 e. The highest BCUT2D eigenvalue weighted by molar-refractivity contribution is 5.27. The fraction of sp³-hybridized carbons (Fsp3) is 0.647. The van der Waals surface area contributed by atoms with Gasteiger partial charge < -0.3 is 15.2 Å². The van der Waals surface area contributed by atoms with Crippen LogP contribution < -0.4 is 10.1 Å². The van der Waals surface area contributed by atoms with Crippen LogP contribution in [0.3, 0.4) is 0 Å². The molecular formula is C17H27NO2. The van der Waals surface area contributed by atoms with Crippen molar-refractivity contribution in [1.82, 2.24) is 5.32 Å². The van der Waals surface area contributed by atoms with E-state index in [1.165, 1.54) is 31.2 Å². The van der Waals surface area contributed by atoms with E-state index in [-0.39, 0.29) is 0 Å². The van der Waals surface area contributed by atoms with Gasteiger partial charge in [0, 0.05) is 13.1 Å². The average molecular weight is 277 g/mol. The van der Waals surface area contributed by atoms with E-state index in [0.717, 1.165) is 12.3 Å². The van der Waals surface area contributed by atoms with Gasteiger partial charge in [0.25, 0.3) is 0 Å². The topological polar surface area (TPSA) is 41.5 Å². The van der Waals surface area contributed by atoms with Crippen LogP contribution in [-0.2, 0) is 0 Å². The molecule has 1 aliphatic carbocycles. The summed E-state index contributed by atoms with van der Waals surface area (Å²) in [5.41, 5.74) is 1.60. The van der Waals surface area contributed by atoms with E-state index in [4.69, 9.17) is 4.74 Å². The molecule has 1 aromatic rings. The zero-order valence-electron chi connectivity index (χ0n) is 12.7. The molecule has 1 fully saturated rings. The molecule has 2 rings (SSSR count). The minimum atomic E-state index is -0.458. The monoisotopic (exact) mass is 277 g/mol. The Morgan fingerprint density at radius 3 is 2.80 bits per heavy atom. The Bertz CT molecular complexity index is 413. The second kappa shape index (κ2) is 7.09. The highest BCUT2D eigenvalue weighted by Gasteiger charge is 2.28. The number of nitrogens with one attached hydrogen (secondary N) is 1. The molecule has 0 radical (unpaired) electrons. The zero-order chi connectivity index (χ0) is 14.4. The molecule has 0 aliphatic heterocycles. The van der Waals surface area contributed by atoms with Gasteiger partial charge in [0.1, 0.15) is 18.5 Å². The zero-order valence-corrected chi connectivity index (χ0v) is 12.7. The van der Waals surface area contributed by atoms with E-state index >= 15 is 0 Å². The van der Waals surface area contributed by atoms with Crippen molar-refractivity contribution >= 4 is 0 Å². The number of rotatable bonds is 7. The maximum atomic E-state index is 9.95. The lowest BCUT2D eigenvalue weighted by atomic mass is 9.89. The molecule has 0 amide bonds. The van der Waals surface area contributed by atoms with Crippen LogP contribution in [0.25, 0.3) is 0 Å². The first kappa shape index (κ1) is 15.3. The first-order chi connectivity index (χ1) is 9.57. The Balaban J connectivity index is 1.64. The van der Waals surface area contributed by atoms with Crippen molar-refractivity contribution in [3.05, 3.63) is 29.8 Å². The molecule has 1 atom stereocenters. The molecule has 1 saturated carbocycles. The number of benzene rings is 1. The van der Waals surface area contributed by atoms with E-state index in [0.29, 0.717) is 18.6 Å². The molecule has 0 saturated heterocycles. The smallest absolute Gasteiger partial charge is 0.119 e. The third-order valence-electron chi connectivity index (χ3n) is 4.17. The SMILES string of the molecule is Cc1cccc(OCC(O)CNCC2(C)CCCC2)c1. The van der Waals surface area contributed by atoms with Crippen molar-refractivity contribution in [1.29, 1.82) is 0 Å². The Morgan fingerprint density at radius 2 is 2.10 bits per heavy atom. The van der Waals surface area contributed by atoms with Crippen molar-refractivity contribution in [2.24, 2.45) is 5.41 Å². The Morgan fingerprint density at radius 1 is 1.35 bits per heavy atom. The van der Waals surface area contributed by atoms with Crippen molar-refractivity contribution < 1.29 is 9.84 Å². The number of aryl methyl sites for hydroxylation is 1. The summed E-state index contributed by atoms with van der Waals surface area (Å²) < 4.78 is 5.61. The standard InChI is InChI=1S/C17H27NO2/c1-14-6-5-7-16(10-14)20-12-15(19)11-18-13-17(2)8-3-4-9-17/h5-7,10,15,18-19H,3-4,8-9,11-13H2,1-2H3. The summed E-state index contributed by atoms with van der Waals surface area (Å²) in [5, 5.41) is 13.3. The second-order valence-corrected chi connectivity index (χ2v) is 6.43.